The van der Waals surface area contributed by atoms with Crippen LogP contribution in [-0.4, -0.2) is 33.8 Å². The van der Waals surface area contributed by atoms with Gasteiger partial charge in [0.05, 0.1) is 24.7 Å². The van der Waals surface area contributed by atoms with E-state index in [-0.39, 0.29) is 0 Å². The van der Waals surface area contributed by atoms with Crippen molar-refractivity contribution in [1.82, 2.24) is 14.7 Å². The van der Waals surface area contributed by atoms with Crippen molar-refractivity contribution in [3.63, 3.8) is 0 Å². The van der Waals surface area contributed by atoms with E-state index in [1.54, 1.807) is 0 Å². The van der Waals surface area contributed by atoms with E-state index in [1.807, 2.05) is 17.1 Å². The molecular formula is C13H20N4. The molecule has 1 fully saturated rings. The van der Waals surface area contributed by atoms with Gasteiger partial charge in [0.25, 0.3) is 0 Å². The molecule has 92 valence electrons. The third-order valence-corrected chi connectivity index (χ3v) is 3.47. The maximum absolute atomic E-state index is 8.66. The minimum absolute atomic E-state index is 0.459. The van der Waals surface area contributed by atoms with Gasteiger partial charge in [0.2, 0.25) is 0 Å². The summed E-state index contributed by atoms with van der Waals surface area (Å²) in [5.41, 5.74) is 1.02. The first-order valence-corrected chi connectivity index (χ1v) is 6.34. The Kier molecular flexibility index (Phi) is 3.80. The molecule has 0 spiro atoms. The van der Waals surface area contributed by atoms with Crippen LogP contribution in [0.1, 0.15) is 38.3 Å². The molecule has 0 bridgehead atoms. The van der Waals surface area contributed by atoms with Gasteiger partial charge in [-0.1, -0.05) is 0 Å². The summed E-state index contributed by atoms with van der Waals surface area (Å²) >= 11 is 0. The molecule has 0 N–H and O–H groups in total. The molecular weight excluding hydrogens is 212 g/mol. The Morgan fingerprint density at radius 3 is 3.12 bits per heavy atom. The normalized spacial score (nSPS) is 21.6. The quantitative estimate of drug-likeness (QED) is 0.800. The second kappa shape index (κ2) is 5.33. The van der Waals surface area contributed by atoms with Crippen molar-refractivity contribution < 1.29 is 0 Å². The fourth-order valence-corrected chi connectivity index (χ4v) is 2.43. The van der Waals surface area contributed by atoms with Gasteiger partial charge in [-0.25, -0.2) is 0 Å². The molecule has 1 saturated heterocycles. The van der Waals surface area contributed by atoms with Crippen molar-refractivity contribution >= 4 is 0 Å². The fourth-order valence-electron chi connectivity index (χ4n) is 2.43. The number of nitrogens with zero attached hydrogens (tertiary/aromatic N) is 4. The van der Waals surface area contributed by atoms with Crippen LogP contribution < -0.4 is 0 Å². The zero-order valence-corrected chi connectivity index (χ0v) is 10.6. The van der Waals surface area contributed by atoms with E-state index in [4.69, 9.17) is 5.26 Å². The predicted molar refractivity (Wildman–Crippen MR) is 66.5 cm³/mol. The summed E-state index contributed by atoms with van der Waals surface area (Å²) in [6.45, 7) is 6.75. The Labute approximate surface area is 103 Å². The van der Waals surface area contributed by atoms with Crippen LogP contribution in [0.25, 0.3) is 0 Å². The van der Waals surface area contributed by atoms with Crippen LogP contribution in [0.3, 0.4) is 0 Å². The summed E-state index contributed by atoms with van der Waals surface area (Å²) in [5.74, 6) is 0. The molecule has 4 nitrogen and oxygen atoms in total. The number of rotatable bonds is 3. The van der Waals surface area contributed by atoms with Gasteiger partial charge in [0, 0.05) is 24.3 Å². The molecule has 1 aromatic rings. The van der Waals surface area contributed by atoms with Gasteiger partial charge in [-0.3, -0.25) is 9.58 Å². The van der Waals surface area contributed by atoms with Crippen LogP contribution in [-0.2, 0) is 6.42 Å². The lowest BCUT2D eigenvalue weighted by Crippen LogP contribution is -2.40. The number of hydrogen-bond donors (Lipinski definition) is 0. The highest BCUT2D eigenvalue weighted by Crippen LogP contribution is 2.22. The SMILES string of the molecule is CC(C)N1CCCC(n2cc(CC#N)cn2)C1. The number of piperidine rings is 1. The third kappa shape index (κ3) is 2.86. The summed E-state index contributed by atoms with van der Waals surface area (Å²) in [4.78, 5) is 2.50. The van der Waals surface area contributed by atoms with E-state index in [1.165, 1.54) is 19.4 Å². The number of hydrogen-bond acceptors (Lipinski definition) is 3. The van der Waals surface area contributed by atoms with Gasteiger partial charge in [0.1, 0.15) is 0 Å². The third-order valence-electron chi connectivity index (χ3n) is 3.47. The lowest BCUT2D eigenvalue weighted by Gasteiger charge is -2.35. The molecule has 0 radical (unpaired) electrons. The van der Waals surface area contributed by atoms with Crippen LogP contribution in [0, 0.1) is 11.3 Å². The van der Waals surface area contributed by atoms with Gasteiger partial charge >= 0.3 is 0 Å². The lowest BCUT2D eigenvalue weighted by molar-refractivity contribution is 0.137. The number of nitriles is 1. The topological polar surface area (TPSA) is 44.9 Å². The first-order valence-electron chi connectivity index (χ1n) is 6.34. The van der Waals surface area contributed by atoms with Crippen molar-refractivity contribution in [1.29, 1.82) is 5.26 Å². The first-order chi connectivity index (χ1) is 8.20. The lowest BCUT2D eigenvalue weighted by atomic mass is 10.0. The average molecular weight is 232 g/mol. The molecule has 17 heavy (non-hydrogen) atoms. The molecule has 2 rings (SSSR count). The zero-order valence-electron chi connectivity index (χ0n) is 10.6. The highest BCUT2D eigenvalue weighted by molar-refractivity contribution is 5.10. The highest BCUT2D eigenvalue weighted by Gasteiger charge is 2.23. The van der Waals surface area contributed by atoms with Crippen molar-refractivity contribution in [2.75, 3.05) is 13.1 Å². The van der Waals surface area contributed by atoms with Gasteiger partial charge in [-0.2, -0.15) is 10.4 Å². The second-order valence-corrected chi connectivity index (χ2v) is 5.05. The Bertz CT molecular complexity index is 402. The van der Waals surface area contributed by atoms with Crippen molar-refractivity contribution in [2.45, 2.75) is 45.2 Å². The molecule has 1 aliphatic heterocycles. The Hall–Kier alpha value is -1.34. The van der Waals surface area contributed by atoms with Gasteiger partial charge < -0.3 is 0 Å². The Morgan fingerprint density at radius 2 is 2.41 bits per heavy atom. The maximum atomic E-state index is 8.66. The van der Waals surface area contributed by atoms with Crippen LogP contribution in [0.2, 0.25) is 0 Å². The standard InChI is InChI=1S/C13H20N4/c1-11(2)16-7-3-4-13(10-16)17-9-12(5-6-14)8-15-17/h8-9,11,13H,3-5,7,10H2,1-2H3. The van der Waals surface area contributed by atoms with Crippen molar-refractivity contribution in [3.8, 4) is 6.07 Å². The van der Waals surface area contributed by atoms with Gasteiger partial charge in [-0.05, 0) is 33.2 Å². The summed E-state index contributed by atoms with van der Waals surface area (Å²) in [6.07, 6.45) is 6.73. The molecule has 2 heterocycles. The zero-order chi connectivity index (χ0) is 12.3. The van der Waals surface area contributed by atoms with Crippen LogP contribution in [0.4, 0.5) is 0 Å². The number of likely N-dealkylation sites (tertiary alicyclic amines) is 1. The molecule has 0 aromatic carbocycles. The summed E-state index contributed by atoms with van der Waals surface area (Å²) in [6, 6.07) is 3.24. The maximum Gasteiger partial charge on any atom is 0.0670 e. The predicted octanol–water partition coefficient (Wildman–Crippen LogP) is 1.99. The fraction of sp³-hybridized carbons (Fsp3) is 0.692. The molecule has 1 atom stereocenters. The van der Waals surface area contributed by atoms with E-state index < -0.39 is 0 Å². The van der Waals surface area contributed by atoms with Crippen LogP contribution >= 0.6 is 0 Å². The first kappa shape index (κ1) is 12.1. The van der Waals surface area contributed by atoms with E-state index in [9.17, 15) is 0 Å². The molecule has 0 saturated carbocycles. The van der Waals surface area contributed by atoms with E-state index in [0.29, 0.717) is 18.5 Å². The second-order valence-electron chi connectivity index (χ2n) is 5.05. The molecule has 1 unspecified atom stereocenters. The summed E-state index contributed by atoms with van der Waals surface area (Å²) in [5, 5.41) is 13.1. The minimum atomic E-state index is 0.459. The smallest absolute Gasteiger partial charge is 0.0670 e. The Balaban J connectivity index is 2.03. The van der Waals surface area contributed by atoms with Gasteiger partial charge in [0.15, 0.2) is 0 Å². The monoisotopic (exact) mass is 232 g/mol. The highest BCUT2D eigenvalue weighted by atomic mass is 15.3. The molecule has 0 aliphatic carbocycles. The van der Waals surface area contributed by atoms with Crippen molar-refractivity contribution in [3.05, 3.63) is 18.0 Å². The van der Waals surface area contributed by atoms with E-state index in [0.717, 1.165) is 12.1 Å². The summed E-state index contributed by atoms with van der Waals surface area (Å²) < 4.78 is 2.04. The molecule has 1 aromatic heterocycles. The number of aromatic nitrogens is 2. The van der Waals surface area contributed by atoms with Crippen LogP contribution in [0.5, 0.6) is 0 Å². The summed E-state index contributed by atoms with van der Waals surface area (Å²) in [7, 11) is 0. The largest absolute Gasteiger partial charge is 0.299 e. The van der Waals surface area contributed by atoms with Gasteiger partial charge in [-0.15, -0.1) is 0 Å². The average Bonchev–Trinajstić information content (AvgIpc) is 2.78. The van der Waals surface area contributed by atoms with E-state index in [2.05, 4.69) is 29.9 Å². The molecule has 4 heteroatoms. The molecule has 0 amide bonds. The van der Waals surface area contributed by atoms with Crippen LogP contribution in [0.15, 0.2) is 12.4 Å². The Morgan fingerprint density at radius 1 is 1.59 bits per heavy atom. The minimum Gasteiger partial charge on any atom is -0.299 e. The molecule has 1 aliphatic rings. The van der Waals surface area contributed by atoms with Crippen molar-refractivity contribution in [2.24, 2.45) is 0 Å². The van der Waals surface area contributed by atoms with E-state index >= 15 is 0 Å².